The molecule has 0 amide bonds. The molecular weight excluding hydrogens is 256 g/mol. The van der Waals surface area contributed by atoms with Crippen molar-refractivity contribution in [3.8, 4) is 0 Å². The predicted molar refractivity (Wildman–Crippen MR) is 74.1 cm³/mol. The van der Waals surface area contributed by atoms with E-state index in [4.69, 9.17) is 14.9 Å². The SMILES string of the molecule is COC(=O)c1occc1CN1CC2CCCC(N)C2C1. The summed E-state index contributed by atoms with van der Waals surface area (Å²) in [5.74, 6) is 1.24. The van der Waals surface area contributed by atoms with Gasteiger partial charge in [-0.05, 0) is 30.7 Å². The van der Waals surface area contributed by atoms with Gasteiger partial charge >= 0.3 is 5.97 Å². The van der Waals surface area contributed by atoms with Crippen LogP contribution in [0.4, 0.5) is 0 Å². The second-order valence-electron chi connectivity index (χ2n) is 5.98. The summed E-state index contributed by atoms with van der Waals surface area (Å²) in [6.45, 7) is 2.84. The highest BCUT2D eigenvalue weighted by Gasteiger charge is 2.38. The van der Waals surface area contributed by atoms with Gasteiger partial charge in [0.15, 0.2) is 0 Å². The fraction of sp³-hybridized carbons (Fsp3) is 0.667. The highest BCUT2D eigenvalue weighted by molar-refractivity contribution is 5.87. The van der Waals surface area contributed by atoms with Crippen LogP contribution in [0.5, 0.6) is 0 Å². The summed E-state index contributed by atoms with van der Waals surface area (Å²) in [5, 5.41) is 0. The number of esters is 1. The molecule has 20 heavy (non-hydrogen) atoms. The standard InChI is InChI=1S/C15H22N2O3/c1-19-15(18)14-11(5-6-20-14)8-17-7-10-3-2-4-13(16)12(10)9-17/h5-6,10,12-13H,2-4,7-9,16H2,1H3. The minimum absolute atomic E-state index is 0.326. The van der Waals surface area contributed by atoms with Crippen LogP contribution in [0.25, 0.3) is 0 Å². The Labute approximate surface area is 119 Å². The summed E-state index contributed by atoms with van der Waals surface area (Å²) < 4.78 is 9.98. The third-order valence-corrected chi connectivity index (χ3v) is 4.74. The quantitative estimate of drug-likeness (QED) is 0.851. The van der Waals surface area contributed by atoms with Crippen molar-refractivity contribution < 1.29 is 13.9 Å². The van der Waals surface area contributed by atoms with E-state index in [1.807, 2.05) is 6.07 Å². The maximum Gasteiger partial charge on any atom is 0.374 e. The lowest BCUT2D eigenvalue weighted by Crippen LogP contribution is -2.38. The minimum Gasteiger partial charge on any atom is -0.463 e. The first-order chi connectivity index (χ1) is 9.69. The van der Waals surface area contributed by atoms with Crippen molar-refractivity contribution >= 4 is 5.97 Å². The number of fused-ring (bicyclic) bond motifs is 1. The number of rotatable bonds is 3. The molecule has 1 aliphatic heterocycles. The van der Waals surface area contributed by atoms with Crippen molar-refractivity contribution in [3.63, 3.8) is 0 Å². The molecule has 3 atom stereocenters. The molecule has 2 fully saturated rings. The molecule has 2 N–H and O–H groups in total. The van der Waals surface area contributed by atoms with Crippen molar-refractivity contribution in [2.45, 2.75) is 31.8 Å². The zero-order valence-corrected chi connectivity index (χ0v) is 11.9. The molecule has 2 aliphatic rings. The lowest BCUT2D eigenvalue weighted by molar-refractivity contribution is 0.0562. The minimum atomic E-state index is -0.404. The Bertz CT molecular complexity index is 485. The number of nitrogens with two attached hydrogens (primary N) is 1. The van der Waals surface area contributed by atoms with Gasteiger partial charge in [0, 0.05) is 31.2 Å². The number of ether oxygens (including phenoxy) is 1. The Morgan fingerprint density at radius 3 is 3.10 bits per heavy atom. The molecule has 5 heteroatoms. The smallest absolute Gasteiger partial charge is 0.374 e. The van der Waals surface area contributed by atoms with Gasteiger partial charge in [-0.3, -0.25) is 4.90 Å². The van der Waals surface area contributed by atoms with Gasteiger partial charge in [-0.25, -0.2) is 4.79 Å². The topological polar surface area (TPSA) is 68.7 Å². The molecule has 1 saturated heterocycles. The van der Waals surface area contributed by atoms with E-state index < -0.39 is 5.97 Å². The molecule has 0 radical (unpaired) electrons. The second kappa shape index (κ2) is 5.58. The zero-order valence-electron chi connectivity index (χ0n) is 11.9. The predicted octanol–water partition coefficient (Wildman–Crippen LogP) is 1.63. The first kappa shape index (κ1) is 13.6. The number of methoxy groups -OCH3 is 1. The summed E-state index contributed by atoms with van der Waals surface area (Å²) in [6.07, 6.45) is 5.23. The number of hydrogen-bond donors (Lipinski definition) is 1. The van der Waals surface area contributed by atoms with Crippen LogP contribution in [0.15, 0.2) is 16.7 Å². The number of furan rings is 1. The number of carbonyl (C=O) groups is 1. The van der Waals surface area contributed by atoms with Crippen LogP contribution < -0.4 is 5.73 Å². The lowest BCUT2D eigenvalue weighted by Gasteiger charge is -2.29. The highest BCUT2D eigenvalue weighted by Crippen LogP contribution is 2.36. The van der Waals surface area contributed by atoms with Gasteiger partial charge in [-0.2, -0.15) is 0 Å². The third kappa shape index (κ3) is 2.47. The summed E-state index contributed by atoms with van der Waals surface area (Å²) in [5.41, 5.74) is 7.14. The molecule has 0 spiro atoms. The number of carbonyl (C=O) groups excluding carboxylic acids is 1. The maximum absolute atomic E-state index is 11.6. The molecule has 3 unspecified atom stereocenters. The zero-order chi connectivity index (χ0) is 14.1. The van der Waals surface area contributed by atoms with Gasteiger partial charge in [-0.1, -0.05) is 6.42 Å². The van der Waals surface area contributed by atoms with Crippen molar-refractivity contribution in [2.75, 3.05) is 20.2 Å². The van der Waals surface area contributed by atoms with Gasteiger partial charge in [0.25, 0.3) is 0 Å². The van der Waals surface area contributed by atoms with Gasteiger partial charge in [0.2, 0.25) is 5.76 Å². The van der Waals surface area contributed by atoms with Gasteiger partial charge in [-0.15, -0.1) is 0 Å². The first-order valence-corrected chi connectivity index (χ1v) is 7.31. The average Bonchev–Trinajstić information content (AvgIpc) is 3.05. The number of likely N-dealkylation sites (tertiary alicyclic amines) is 1. The van der Waals surface area contributed by atoms with Crippen LogP contribution in [0, 0.1) is 11.8 Å². The fourth-order valence-corrected chi connectivity index (χ4v) is 3.71. The highest BCUT2D eigenvalue weighted by atomic mass is 16.5. The van der Waals surface area contributed by atoms with E-state index in [-0.39, 0.29) is 0 Å². The molecule has 1 aromatic heterocycles. The van der Waals surface area contributed by atoms with Crippen LogP contribution >= 0.6 is 0 Å². The molecule has 0 aromatic carbocycles. The van der Waals surface area contributed by atoms with E-state index in [9.17, 15) is 4.79 Å². The van der Waals surface area contributed by atoms with E-state index in [1.54, 1.807) is 6.26 Å². The fourth-order valence-electron chi connectivity index (χ4n) is 3.71. The van der Waals surface area contributed by atoms with E-state index in [0.717, 1.165) is 31.6 Å². The van der Waals surface area contributed by atoms with E-state index >= 15 is 0 Å². The molecule has 1 aromatic rings. The van der Waals surface area contributed by atoms with Crippen LogP contribution in [0.1, 0.15) is 35.4 Å². The van der Waals surface area contributed by atoms with Gasteiger partial charge < -0.3 is 14.9 Å². The number of hydrogen-bond acceptors (Lipinski definition) is 5. The largest absolute Gasteiger partial charge is 0.463 e. The van der Waals surface area contributed by atoms with E-state index in [2.05, 4.69) is 4.90 Å². The summed E-state index contributed by atoms with van der Waals surface area (Å²) in [7, 11) is 1.37. The first-order valence-electron chi connectivity index (χ1n) is 7.31. The molecule has 2 heterocycles. The van der Waals surface area contributed by atoms with Crippen molar-refractivity contribution in [1.82, 2.24) is 4.90 Å². The van der Waals surface area contributed by atoms with Crippen LogP contribution in [-0.2, 0) is 11.3 Å². The summed E-state index contributed by atoms with van der Waals surface area (Å²) >= 11 is 0. The molecule has 110 valence electrons. The molecular formula is C15H22N2O3. The molecule has 0 bridgehead atoms. The van der Waals surface area contributed by atoms with Gasteiger partial charge in [0.05, 0.1) is 13.4 Å². The lowest BCUT2D eigenvalue weighted by atomic mass is 9.78. The summed E-state index contributed by atoms with van der Waals surface area (Å²) in [4.78, 5) is 14.0. The van der Waals surface area contributed by atoms with Gasteiger partial charge in [0.1, 0.15) is 0 Å². The summed E-state index contributed by atoms with van der Waals surface area (Å²) in [6, 6.07) is 2.19. The Balaban J connectivity index is 1.67. The third-order valence-electron chi connectivity index (χ3n) is 4.74. The Morgan fingerprint density at radius 1 is 1.50 bits per heavy atom. The Hall–Kier alpha value is -1.33. The van der Waals surface area contributed by atoms with E-state index in [0.29, 0.717) is 23.6 Å². The van der Waals surface area contributed by atoms with Crippen molar-refractivity contribution in [3.05, 3.63) is 23.7 Å². The monoisotopic (exact) mass is 278 g/mol. The van der Waals surface area contributed by atoms with Crippen molar-refractivity contribution in [1.29, 1.82) is 0 Å². The molecule has 1 saturated carbocycles. The van der Waals surface area contributed by atoms with Crippen LogP contribution in [-0.4, -0.2) is 37.1 Å². The van der Waals surface area contributed by atoms with Crippen LogP contribution in [0.3, 0.4) is 0 Å². The number of nitrogens with zero attached hydrogens (tertiary/aromatic N) is 1. The second-order valence-corrected chi connectivity index (χ2v) is 5.98. The molecule has 3 rings (SSSR count). The Kier molecular flexibility index (Phi) is 3.81. The normalized spacial score (nSPS) is 30.2. The Morgan fingerprint density at radius 2 is 2.35 bits per heavy atom. The average molecular weight is 278 g/mol. The van der Waals surface area contributed by atoms with Crippen molar-refractivity contribution in [2.24, 2.45) is 17.6 Å². The molecule has 5 nitrogen and oxygen atoms in total. The van der Waals surface area contributed by atoms with Crippen LogP contribution in [0.2, 0.25) is 0 Å². The maximum atomic E-state index is 11.6. The van der Waals surface area contributed by atoms with E-state index in [1.165, 1.54) is 20.0 Å². The molecule has 1 aliphatic carbocycles.